The van der Waals surface area contributed by atoms with Crippen LogP contribution in [-0.4, -0.2) is 11.1 Å². The molecule has 0 unspecified atom stereocenters. The number of nitrogens with two attached hydrogens (primary N) is 1. The zero-order chi connectivity index (χ0) is 14.5. The molecule has 0 bridgehead atoms. The Hall–Kier alpha value is -2.40. The van der Waals surface area contributed by atoms with Crippen molar-refractivity contribution in [1.82, 2.24) is 0 Å². The van der Waals surface area contributed by atoms with Gasteiger partial charge in [-0.05, 0) is 29.3 Å². The van der Waals surface area contributed by atoms with Gasteiger partial charge >= 0.3 is 5.97 Å². The lowest BCUT2D eigenvalue weighted by atomic mass is 10.1. The first-order chi connectivity index (χ1) is 9.60. The van der Waals surface area contributed by atoms with Crippen molar-refractivity contribution in [3.63, 3.8) is 0 Å². The van der Waals surface area contributed by atoms with Crippen LogP contribution in [-0.2, 0) is 18.0 Å². The van der Waals surface area contributed by atoms with Gasteiger partial charge in [0.05, 0.1) is 12.2 Å². The van der Waals surface area contributed by atoms with Crippen LogP contribution >= 0.6 is 0 Å². The second-order valence-corrected chi connectivity index (χ2v) is 4.28. The highest BCUT2D eigenvalue weighted by atomic mass is 19.1. The zero-order valence-electron chi connectivity index (χ0n) is 10.7. The standard InChI is InChI=1S/C15H14FNO3/c16-12-5-6-14(17)13(7-12)15(19)20-9-11-3-1-10(8-18)2-4-11/h1-7,18H,8-9,17H2. The number of carbonyl (C=O) groups excluding carboxylic acids is 1. The Bertz CT molecular complexity index is 611. The Labute approximate surface area is 115 Å². The SMILES string of the molecule is Nc1ccc(F)cc1C(=O)OCc1ccc(CO)cc1. The number of ether oxygens (including phenoxy) is 1. The summed E-state index contributed by atoms with van der Waals surface area (Å²) in [6, 6.07) is 10.5. The normalized spacial score (nSPS) is 10.3. The molecule has 3 N–H and O–H groups in total. The summed E-state index contributed by atoms with van der Waals surface area (Å²) in [5.41, 5.74) is 7.33. The molecule has 0 radical (unpaired) electrons. The van der Waals surface area contributed by atoms with E-state index in [1.54, 1.807) is 24.3 Å². The number of anilines is 1. The van der Waals surface area contributed by atoms with E-state index in [2.05, 4.69) is 0 Å². The number of aliphatic hydroxyl groups is 1. The maximum absolute atomic E-state index is 13.1. The van der Waals surface area contributed by atoms with E-state index in [1.165, 1.54) is 12.1 Å². The molecule has 5 heteroatoms. The van der Waals surface area contributed by atoms with Crippen LogP contribution in [0.3, 0.4) is 0 Å². The Morgan fingerprint density at radius 3 is 2.45 bits per heavy atom. The minimum atomic E-state index is -0.673. The summed E-state index contributed by atoms with van der Waals surface area (Å²) in [5, 5.41) is 8.92. The Balaban J connectivity index is 2.02. The van der Waals surface area contributed by atoms with E-state index >= 15 is 0 Å². The van der Waals surface area contributed by atoms with Gasteiger partial charge < -0.3 is 15.6 Å². The highest BCUT2D eigenvalue weighted by Gasteiger charge is 2.12. The summed E-state index contributed by atoms with van der Waals surface area (Å²) in [5.74, 6) is -1.22. The molecule has 0 aliphatic rings. The quantitative estimate of drug-likeness (QED) is 0.663. The first-order valence-electron chi connectivity index (χ1n) is 6.01. The number of hydrogen-bond donors (Lipinski definition) is 2. The van der Waals surface area contributed by atoms with Crippen molar-refractivity contribution in [3.8, 4) is 0 Å². The molecule has 4 nitrogen and oxygen atoms in total. The van der Waals surface area contributed by atoms with Crippen LogP contribution in [0, 0.1) is 5.82 Å². The average Bonchev–Trinajstić information content (AvgIpc) is 2.47. The molecule has 2 aromatic carbocycles. The van der Waals surface area contributed by atoms with E-state index < -0.39 is 11.8 Å². The summed E-state index contributed by atoms with van der Waals surface area (Å²) >= 11 is 0. The summed E-state index contributed by atoms with van der Waals surface area (Å²) in [6.07, 6.45) is 0. The van der Waals surface area contributed by atoms with Crippen LogP contribution in [0.2, 0.25) is 0 Å². The third-order valence-electron chi connectivity index (χ3n) is 2.81. The smallest absolute Gasteiger partial charge is 0.340 e. The average molecular weight is 275 g/mol. The fraction of sp³-hybridized carbons (Fsp3) is 0.133. The summed E-state index contributed by atoms with van der Waals surface area (Å²) in [7, 11) is 0. The van der Waals surface area contributed by atoms with Crippen molar-refractivity contribution in [2.24, 2.45) is 0 Å². The van der Waals surface area contributed by atoms with E-state index in [0.29, 0.717) is 0 Å². The predicted molar refractivity (Wildman–Crippen MR) is 72.3 cm³/mol. The number of halogens is 1. The molecule has 104 valence electrons. The molecule has 0 saturated carbocycles. The van der Waals surface area contributed by atoms with Gasteiger partial charge in [0.15, 0.2) is 0 Å². The number of benzene rings is 2. The van der Waals surface area contributed by atoms with Crippen molar-refractivity contribution in [3.05, 3.63) is 65.0 Å². The Morgan fingerprint density at radius 2 is 1.80 bits per heavy atom. The van der Waals surface area contributed by atoms with Gasteiger partial charge in [-0.15, -0.1) is 0 Å². The van der Waals surface area contributed by atoms with E-state index in [-0.39, 0.29) is 24.5 Å². The molecule has 0 amide bonds. The lowest BCUT2D eigenvalue weighted by Gasteiger charge is -2.07. The fourth-order valence-corrected chi connectivity index (χ4v) is 1.67. The van der Waals surface area contributed by atoms with Crippen molar-refractivity contribution in [2.45, 2.75) is 13.2 Å². The maximum atomic E-state index is 13.1. The van der Waals surface area contributed by atoms with Crippen LogP contribution in [0.4, 0.5) is 10.1 Å². The predicted octanol–water partition coefficient (Wildman–Crippen LogP) is 2.26. The Kier molecular flexibility index (Phi) is 4.32. The van der Waals surface area contributed by atoms with Gasteiger partial charge in [-0.2, -0.15) is 0 Å². The van der Waals surface area contributed by atoms with Gasteiger partial charge in [-0.1, -0.05) is 24.3 Å². The van der Waals surface area contributed by atoms with Crippen molar-refractivity contribution in [2.75, 3.05) is 5.73 Å². The van der Waals surface area contributed by atoms with Crippen LogP contribution in [0.25, 0.3) is 0 Å². The molecule has 2 rings (SSSR count). The van der Waals surface area contributed by atoms with E-state index in [0.717, 1.165) is 17.2 Å². The molecule has 20 heavy (non-hydrogen) atoms. The first kappa shape index (κ1) is 14.0. The molecule has 0 spiro atoms. The summed E-state index contributed by atoms with van der Waals surface area (Å²) in [6.45, 7) is 0.0143. The van der Waals surface area contributed by atoms with Gasteiger partial charge in [0.2, 0.25) is 0 Å². The number of aliphatic hydroxyl groups excluding tert-OH is 1. The lowest BCUT2D eigenvalue weighted by Crippen LogP contribution is -2.08. The number of esters is 1. The van der Waals surface area contributed by atoms with Crippen molar-refractivity contribution >= 4 is 11.7 Å². The molecule has 0 aromatic heterocycles. The lowest BCUT2D eigenvalue weighted by molar-refractivity contribution is 0.0473. The van der Waals surface area contributed by atoms with Crippen molar-refractivity contribution in [1.29, 1.82) is 0 Å². The molecule has 0 fully saturated rings. The summed E-state index contributed by atoms with van der Waals surface area (Å²) < 4.78 is 18.1. The highest BCUT2D eigenvalue weighted by molar-refractivity contribution is 5.95. The van der Waals surface area contributed by atoms with Gasteiger partial charge in [0.25, 0.3) is 0 Å². The molecule has 0 aliphatic carbocycles. The van der Waals surface area contributed by atoms with Gasteiger partial charge in [0, 0.05) is 5.69 Å². The van der Waals surface area contributed by atoms with Crippen molar-refractivity contribution < 1.29 is 19.0 Å². The van der Waals surface area contributed by atoms with Gasteiger partial charge in [-0.3, -0.25) is 0 Å². The van der Waals surface area contributed by atoms with Crippen LogP contribution in [0.5, 0.6) is 0 Å². The maximum Gasteiger partial charge on any atom is 0.340 e. The van der Waals surface area contributed by atoms with Crippen LogP contribution in [0.1, 0.15) is 21.5 Å². The molecular formula is C15H14FNO3. The molecule has 0 heterocycles. The van der Waals surface area contributed by atoms with Crippen LogP contribution in [0.15, 0.2) is 42.5 Å². The topological polar surface area (TPSA) is 72.6 Å². The Morgan fingerprint density at radius 1 is 1.15 bits per heavy atom. The summed E-state index contributed by atoms with van der Waals surface area (Å²) in [4.78, 5) is 11.8. The second kappa shape index (κ2) is 6.16. The number of hydrogen-bond acceptors (Lipinski definition) is 4. The van der Waals surface area contributed by atoms with Gasteiger partial charge in [0.1, 0.15) is 12.4 Å². The second-order valence-electron chi connectivity index (χ2n) is 4.28. The zero-order valence-corrected chi connectivity index (χ0v) is 10.7. The molecular weight excluding hydrogens is 261 g/mol. The highest BCUT2D eigenvalue weighted by Crippen LogP contribution is 2.15. The van der Waals surface area contributed by atoms with Crippen LogP contribution < -0.4 is 5.73 Å². The van der Waals surface area contributed by atoms with Gasteiger partial charge in [-0.25, -0.2) is 9.18 Å². The fourth-order valence-electron chi connectivity index (χ4n) is 1.67. The number of nitrogen functional groups attached to an aromatic ring is 1. The first-order valence-corrected chi connectivity index (χ1v) is 6.01. The number of rotatable bonds is 4. The molecule has 0 saturated heterocycles. The third kappa shape index (κ3) is 3.33. The largest absolute Gasteiger partial charge is 0.457 e. The number of carbonyl (C=O) groups is 1. The minimum Gasteiger partial charge on any atom is -0.457 e. The third-order valence-corrected chi connectivity index (χ3v) is 2.81. The molecule has 0 atom stereocenters. The van der Waals surface area contributed by atoms with E-state index in [1.807, 2.05) is 0 Å². The molecule has 0 aliphatic heterocycles. The molecule has 2 aromatic rings. The van der Waals surface area contributed by atoms with E-state index in [9.17, 15) is 9.18 Å². The monoisotopic (exact) mass is 275 g/mol. The van der Waals surface area contributed by atoms with E-state index in [4.69, 9.17) is 15.6 Å². The minimum absolute atomic E-state index is 0.0111.